The predicted molar refractivity (Wildman–Crippen MR) is 89.3 cm³/mol. The molecule has 5 nitrogen and oxygen atoms in total. The lowest BCUT2D eigenvalue weighted by atomic mass is 10.1. The zero-order chi connectivity index (χ0) is 15.6. The van der Waals surface area contributed by atoms with Gasteiger partial charge in [-0.15, -0.1) is 0 Å². The number of halogens is 1. The van der Waals surface area contributed by atoms with Gasteiger partial charge in [-0.25, -0.2) is 14.4 Å². The van der Waals surface area contributed by atoms with E-state index in [4.69, 9.17) is 0 Å². The number of hydrogen-bond donors (Lipinski definition) is 3. The Labute approximate surface area is 133 Å². The van der Waals surface area contributed by atoms with E-state index in [1.54, 1.807) is 11.0 Å². The van der Waals surface area contributed by atoms with E-state index in [0.717, 1.165) is 40.8 Å². The van der Waals surface area contributed by atoms with Crippen molar-refractivity contribution in [2.75, 3.05) is 31.5 Å². The van der Waals surface area contributed by atoms with Gasteiger partial charge in [-0.05, 0) is 37.5 Å². The van der Waals surface area contributed by atoms with E-state index < -0.39 is 0 Å². The second-order valence-corrected chi connectivity index (χ2v) is 6.25. The summed E-state index contributed by atoms with van der Waals surface area (Å²) in [6, 6.07) is 4.72. The molecule has 1 aromatic carbocycles. The second kappa shape index (κ2) is 6.12. The molecule has 3 heterocycles. The molecule has 120 valence electrons. The Morgan fingerprint density at radius 3 is 2.91 bits per heavy atom. The maximum atomic E-state index is 13.5. The van der Waals surface area contributed by atoms with Gasteiger partial charge in [-0.2, -0.15) is 0 Å². The van der Waals surface area contributed by atoms with Crippen LogP contribution in [0.4, 0.5) is 10.2 Å². The maximum absolute atomic E-state index is 13.5. The van der Waals surface area contributed by atoms with E-state index in [1.807, 2.05) is 0 Å². The van der Waals surface area contributed by atoms with E-state index >= 15 is 0 Å². The molecule has 0 amide bonds. The third kappa shape index (κ3) is 2.86. The topological polar surface area (TPSA) is 58.0 Å². The molecule has 1 aliphatic rings. The van der Waals surface area contributed by atoms with Crippen molar-refractivity contribution in [2.24, 2.45) is 0 Å². The molecule has 6 heteroatoms. The molecular formula is C17H21FN5+. The molecule has 0 spiro atoms. The number of anilines is 1. The quantitative estimate of drug-likeness (QED) is 0.687. The molecule has 0 unspecified atom stereocenters. The summed E-state index contributed by atoms with van der Waals surface area (Å²) in [5.41, 5.74) is 2.50. The highest BCUT2D eigenvalue weighted by atomic mass is 19.1. The minimum absolute atomic E-state index is 0.250. The molecule has 0 bridgehead atoms. The SMILES string of the molecule is Fc1ccc2[nH]c3c(NCC[NH+]4CCCCC4)ncnc3c2c1. The highest BCUT2D eigenvalue weighted by Crippen LogP contribution is 2.27. The molecule has 1 saturated heterocycles. The molecule has 0 saturated carbocycles. The number of aromatic amines is 1. The number of likely N-dealkylation sites (tertiary alicyclic amines) is 1. The van der Waals surface area contributed by atoms with E-state index in [1.165, 1.54) is 50.8 Å². The molecule has 1 aliphatic heterocycles. The van der Waals surface area contributed by atoms with Crippen molar-refractivity contribution in [1.82, 2.24) is 15.0 Å². The van der Waals surface area contributed by atoms with Gasteiger partial charge in [0.25, 0.3) is 0 Å². The van der Waals surface area contributed by atoms with Crippen molar-refractivity contribution in [3.8, 4) is 0 Å². The van der Waals surface area contributed by atoms with Gasteiger partial charge in [-0.1, -0.05) is 0 Å². The van der Waals surface area contributed by atoms with Crippen molar-refractivity contribution in [2.45, 2.75) is 19.3 Å². The fourth-order valence-electron chi connectivity index (χ4n) is 3.46. The van der Waals surface area contributed by atoms with Gasteiger partial charge in [0.1, 0.15) is 23.2 Å². The van der Waals surface area contributed by atoms with Crippen LogP contribution >= 0.6 is 0 Å². The number of benzene rings is 1. The monoisotopic (exact) mass is 314 g/mol. The minimum Gasteiger partial charge on any atom is -0.363 e. The summed E-state index contributed by atoms with van der Waals surface area (Å²) in [5.74, 6) is 0.545. The number of hydrogen-bond acceptors (Lipinski definition) is 3. The summed E-state index contributed by atoms with van der Waals surface area (Å²) in [6.07, 6.45) is 5.58. The van der Waals surface area contributed by atoms with Crippen molar-refractivity contribution >= 4 is 27.8 Å². The predicted octanol–water partition coefficient (Wildman–Crippen LogP) is 1.73. The number of fused-ring (bicyclic) bond motifs is 3. The lowest BCUT2D eigenvalue weighted by molar-refractivity contribution is -0.903. The average molecular weight is 314 g/mol. The van der Waals surface area contributed by atoms with Crippen LogP contribution in [0, 0.1) is 5.82 Å². The normalized spacial score (nSPS) is 16.2. The van der Waals surface area contributed by atoms with Crippen molar-refractivity contribution in [3.05, 3.63) is 30.3 Å². The van der Waals surface area contributed by atoms with Crippen LogP contribution in [0.25, 0.3) is 21.9 Å². The standard InChI is InChI=1S/C17H20FN5/c18-12-4-5-14-13(10-12)15-16(22-14)17(21-11-20-15)19-6-9-23-7-2-1-3-8-23/h4-5,10-11,22H,1-3,6-9H2,(H,19,20,21)/p+1. The van der Waals surface area contributed by atoms with Crippen LogP contribution in [-0.4, -0.2) is 41.1 Å². The van der Waals surface area contributed by atoms with Gasteiger partial charge in [0, 0.05) is 10.9 Å². The zero-order valence-corrected chi connectivity index (χ0v) is 13.0. The fraction of sp³-hybridized carbons (Fsp3) is 0.412. The van der Waals surface area contributed by atoms with Crippen LogP contribution in [0.15, 0.2) is 24.5 Å². The van der Waals surface area contributed by atoms with Crippen LogP contribution < -0.4 is 10.2 Å². The van der Waals surface area contributed by atoms with Gasteiger partial charge >= 0.3 is 0 Å². The summed E-state index contributed by atoms with van der Waals surface area (Å²) in [6.45, 7) is 4.52. The first-order valence-electron chi connectivity index (χ1n) is 8.30. The molecule has 0 aliphatic carbocycles. The van der Waals surface area contributed by atoms with Crippen molar-refractivity contribution in [3.63, 3.8) is 0 Å². The number of piperidine rings is 1. The van der Waals surface area contributed by atoms with E-state index in [9.17, 15) is 4.39 Å². The Balaban J connectivity index is 1.56. The van der Waals surface area contributed by atoms with E-state index in [2.05, 4.69) is 20.3 Å². The Morgan fingerprint density at radius 2 is 2.04 bits per heavy atom. The minimum atomic E-state index is -0.250. The first-order chi connectivity index (χ1) is 11.3. The number of nitrogens with one attached hydrogen (secondary N) is 3. The summed E-state index contributed by atoms with van der Waals surface area (Å²) in [5, 5.41) is 4.21. The van der Waals surface area contributed by atoms with Crippen LogP contribution in [0.3, 0.4) is 0 Å². The Morgan fingerprint density at radius 1 is 1.17 bits per heavy atom. The van der Waals surface area contributed by atoms with Crippen LogP contribution in [-0.2, 0) is 0 Å². The molecular weight excluding hydrogens is 293 g/mol. The second-order valence-electron chi connectivity index (χ2n) is 6.25. The molecule has 1 fully saturated rings. The third-order valence-corrected chi connectivity index (χ3v) is 4.68. The van der Waals surface area contributed by atoms with E-state index in [-0.39, 0.29) is 5.82 Å². The van der Waals surface area contributed by atoms with Gasteiger partial charge in [0.15, 0.2) is 5.82 Å². The summed E-state index contributed by atoms with van der Waals surface area (Å²) in [4.78, 5) is 13.6. The average Bonchev–Trinajstić information content (AvgIpc) is 2.95. The van der Waals surface area contributed by atoms with Gasteiger partial charge in [-0.3, -0.25) is 0 Å². The Hall–Kier alpha value is -2.21. The van der Waals surface area contributed by atoms with E-state index in [0.29, 0.717) is 0 Å². The fourth-order valence-corrected chi connectivity index (χ4v) is 3.46. The molecule has 23 heavy (non-hydrogen) atoms. The van der Waals surface area contributed by atoms with Crippen molar-refractivity contribution in [1.29, 1.82) is 0 Å². The van der Waals surface area contributed by atoms with Gasteiger partial charge < -0.3 is 15.2 Å². The van der Waals surface area contributed by atoms with Crippen LogP contribution in [0.2, 0.25) is 0 Å². The molecule has 3 N–H and O–H groups in total. The third-order valence-electron chi connectivity index (χ3n) is 4.68. The number of aromatic nitrogens is 3. The molecule has 2 aromatic heterocycles. The van der Waals surface area contributed by atoms with Gasteiger partial charge in [0.05, 0.1) is 26.2 Å². The summed E-state index contributed by atoms with van der Waals surface area (Å²) in [7, 11) is 0. The summed E-state index contributed by atoms with van der Waals surface area (Å²) < 4.78 is 13.5. The number of nitrogens with zero attached hydrogens (tertiary/aromatic N) is 2. The van der Waals surface area contributed by atoms with Crippen molar-refractivity contribution < 1.29 is 9.29 Å². The highest BCUT2D eigenvalue weighted by molar-refractivity contribution is 6.07. The van der Waals surface area contributed by atoms with Crippen LogP contribution in [0.1, 0.15) is 19.3 Å². The Bertz CT molecular complexity index is 822. The summed E-state index contributed by atoms with van der Waals surface area (Å²) >= 11 is 0. The molecule has 3 aromatic rings. The highest BCUT2D eigenvalue weighted by Gasteiger charge is 2.14. The number of H-pyrrole nitrogens is 1. The zero-order valence-electron chi connectivity index (χ0n) is 13.0. The van der Waals surface area contributed by atoms with Gasteiger partial charge in [0.2, 0.25) is 0 Å². The largest absolute Gasteiger partial charge is 0.363 e. The van der Waals surface area contributed by atoms with Crippen LogP contribution in [0.5, 0.6) is 0 Å². The molecule has 0 radical (unpaired) electrons. The number of rotatable bonds is 4. The maximum Gasteiger partial charge on any atom is 0.154 e. The smallest absolute Gasteiger partial charge is 0.154 e. The molecule has 0 atom stereocenters. The lowest BCUT2D eigenvalue weighted by Crippen LogP contribution is -3.13. The first-order valence-corrected chi connectivity index (χ1v) is 8.30. The number of quaternary nitrogens is 1. The lowest BCUT2D eigenvalue weighted by Gasteiger charge is -2.23. The molecule has 4 rings (SSSR count). The Kier molecular flexibility index (Phi) is 3.83. The first kappa shape index (κ1) is 14.4.